The zero-order valence-corrected chi connectivity index (χ0v) is 11.7. The van der Waals surface area contributed by atoms with Gasteiger partial charge in [0.05, 0.1) is 5.56 Å². The second-order valence-electron chi connectivity index (χ2n) is 4.57. The van der Waals surface area contributed by atoms with E-state index >= 15 is 0 Å². The van der Waals surface area contributed by atoms with Crippen LogP contribution in [0.4, 0.5) is 18.0 Å². The van der Waals surface area contributed by atoms with Gasteiger partial charge in [-0.3, -0.25) is 4.84 Å². The number of carbonyl (C=O) groups is 1. The summed E-state index contributed by atoms with van der Waals surface area (Å²) < 4.78 is 42.7. The molecule has 0 radical (unpaired) electrons. The molecule has 1 unspecified atom stereocenters. The van der Waals surface area contributed by atoms with Gasteiger partial charge in [-0.2, -0.15) is 13.2 Å². The average molecular weight is 331 g/mol. The number of aromatic nitrogens is 1. The second kappa shape index (κ2) is 6.11. The predicted molar refractivity (Wildman–Crippen MR) is 70.7 cm³/mol. The van der Waals surface area contributed by atoms with Crippen molar-refractivity contribution in [1.29, 1.82) is 0 Å². The zero-order valence-electron chi connectivity index (χ0n) is 11.7. The van der Waals surface area contributed by atoms with Crippen LogP contribution in [-0.4, -0.2) is 21.1 Å². The summed E-state index contributed by atoms with van der Waals surface area (Å²) in [6, 6.07) is 6.24. The highest BCUT2D eigenvalue weighted by Gasteiger charge is 2.30. The molecule has 0 aliphatic heterocycles. The first-order valence-corrected chi connectivity index (χ1v) is 6.34. The third kappa shape index (κ3) is 3.87. The lowest BCUT2D eigenvalue weighted by Crippen LogP contribution is -2.21. The highest BCUT2D eigenvalue weighted by Crippen LogP contribution is 2.30. The number of rotatable bonds is 3. The fourth-order valence-corrected chi connectivity index (χ4v) is 1.75. The summed E-state index contributed by atoms with van der Waals surface area (Å²) in [5, 5.41) is 18.6. The number of aromatic hydroxyl groups is 2. The number of hydrogen-bond acceptors (Lipinski definition) is 5. The molecule has 0 amide bonds. The number of carbonyl (C=O) groups excluding carboxylic acids is 1. The third-order valence-electron chi connectivity index (χ3n) is 2.94. The molecule has 6 nitrogen and oxygen atoms in total. The van der Waals surface area contributed by atoms with E-state index in [-0.39, 0.29) is 0 Å². The van der Waals surface area contributed by atoms with E-state index in [1.54, 1.807) is 0 Å². The lowest BCUT2D eigenvalue weighted by atomic mass is 10.1. The Morgan fingerprint density at radius 1 is 1.09 bits per heavy atom. The molecule has 1 heterocycles. The van der Waals surface area contributed by atoms with Crippen molar-refractivity contribution in [1.82, 2.24) is 4.73 Å². The largest absolute Gasteiger partial charge is 0.534 e. The van der Waals surface area contributed by atoms with Crippen LogP contribution in [0.3, 0.4) is 0 Å². The van der Waals surface area contributed by atoms with Gasteiger partial charge in [-0.1, -0.05) is 12.1 Å². The SMILES string of the molecule is CC(OC(=O)On1c(O)ccc1O)c1ccc(C(F)(F)F)cc1. The van der Waals surface area contributed by atoms with E-state index in [0.29, 0.717) is 10.3 Å². The quantitative estimate of drug-likeness (QED) is 0.844. The molecule has 0 saturated heterocycles. The van der Waals surface area contributed by atoms with Gasteiger partial charge in [0, 0.05) is 12.1 Å². The first-order valence-electron chi connectivity index (χ1n) is 6.34. The van der Waals surface area contributed by atoms with Crippen molar-refractivity contribution in [3.63, 3.8) is 0 Å². The summed E-state index contributed by atoms with van der Waals surface area (Å²) in [5.74, 6) is -1.05. The summed E-state index contributed by atoms with van der Waals surface area (Å²) in [4.78, 5) is 16.1. The van der Waals surface area contributed by atoms with E-state index in [0.717, 1.165) is 24.3 Å². The average Bonchev–Trinajstić information content (AvgIpc) is 2.78. The van der Waals surface area contributed by atoms with Crippen LogP contribution in [-0.2, 0) is 10.9 Å². The minimum atomic E-state index is -4.45. The normalized spacial score (nSPS) is 12.7. The molecule has 0 spiro atoms. The number of benzene rings is 1. The van der Waals surface area contributed by atoms with E-state index in [1.165, 1.54) is 19.1 Å². The standard InChI is InChI=1S/C14H12F3NO5/c1-8(9-2-4-10(5-3-9)14(15,16)17)22-13(21)23-18-11(19)6-7-12(18)20/h2-8,19-20H,1H3. The van der Waals surface area contributed by atoms with Crippen LogP contribution in [0.25, 0.3) is 0 Å². The molecule has 2 aromatic rings. The Hall–Kier alpha value is -2.84. The Morgan fingerprint density at radius 2 is 1.61 bits per heavy atom. The molecule has 1 aromatic carbocycles. The topological polar surface area (TPSA) is 80.9 Å². The maximum Gasteiger partial charge on any atom is 0.534 e. The van der Waals surface area contributed by atoms with Gasteiger partial charge < -0.3 is 14.9 Å². The second-order valence-corrected chi connectivity index (χ2v) is 4.57. The maximum atomic E-state index is 12.5. The summed E-state index contributed by atoms with van der Waals surface area (Å²) in [6.07, 6.45) is -6.60. The van der Waals surface area contributed by atoms with E-state index < -0.39 is 35.8 Å². The van der Waals surface area contributed by atoms with Gasteiger partial charge in [0.25, 0.3) is 0 Å². The number of halogens is 3. The fraction of sp³-hybridized carbons (Fsp3) is 0.214. The molecule has 0 aliphatic carbocycles. The minimum absolute atomic E-state index is 0.316. The summed E-state index contributed by atoms with van der Waals surface area (Å²) >= 11 is 0. The predicted octanol–water partition coefficient (Wildman–Crippen LogP) is 3.24. The van der Waals surface area contributed by atoms with Crippen LogP contribution in [0.1, 0.15) is 24.2 Å². The van der Waals surface area contributed by atoms with Crippen molar-refractivity contribution in [2.75, 3.05) is 0 Å². The lowest BCUT2D eigenvalue weighted by molar-refractivity contribution is -0.137. The first kappa shape index (κ1) is 16.5. The van der Waals surface area contributed by atoms with Crippen molar-refractivity contribution >= 4 is 6.16 Å². The molecule has 2 rings (SSSR count). The molecule has 0 saturated carbocycles. The van der Waals surface area contributed by atoms with E-state index in [1.807, 2.05) is 0 Å². The van der Waals surface area contributed by atoms with Crippen LogP contribution in [0.15, 0.2) is 36.4 Å². The van der Waals surface area contributed by atoms with E-state index in [4.69, 9.17) is 4.74 Å². The zero-order chi connectivity index (χ0) is 17.2. The van der Waals surface area contributed by atoms with Gasteiger partial charge in [-0.25, -0.2) is 4.79 Å². The van der Waals surface area contributed by atoms with Crippen molar-refractivity contribution in [3.8, 4) is 11.8 Å². The molecule has 9 heteroatoms. The molecule has 2 N–H and O–H groups in total. The summed E-state index contributed by atoms with van der Waals surface area (Å²) in [6.45, 7) is 1.43. The molecular weight excluding hydrogens is 319 g/mol. The van der Waals surface area contributed by atoms with Crippen LogP contribution in [0.2, 0.25) is 0 Å². The van der Waals surface area contributed by atoms with E-state index in [2.05, 4.69) is 4.84 Å². The monoisotopic (exact) mass is 331 g/mol. The van der Waals surface area contributed by atoms with Gasteiger partial charge in [0.15, 0.2) is 0 Å². The molecule has 0 aliphatic rings. The van der Waals surface area contributed by atoms with Crippen LogP contribution >= 0.6 is 0 Å². The Labute approximate surface area is 128 Å². The maximum absolute atomic E-state index is 12.5. The van der Waals surface area contributed by atoms with Gasteiger partial charge in [-0.05, 0) is 24.6 Å². The van der Waals surface area contributed by atoms with Crippen LogP contribution < -0.4 is 4.84 Å². The lowest BCUT2D eigenvalue weighted by Gasteiger charge is -2.14. The van der Waals surface area contributed by atoms with Gasteiger partial charge in [0.2, 0.25) is 11.8 Å². The first-order chi connectivity index (χ1) is 10.7. The Balaban J connectivity index is 2.01. The van der Waals surface area contributed by atoms with Crippen molar-refractivity contribution < 1.29 is 37.8 Å². The Kier molecular flexibility index (Phi) is 4.39. The van der Waals surface area contributed by atoms with Gasteiger partial charge >= 0.3 is 12.3 Å². The summed E-state index contributed by atoms with van der Waals surface area (Å²) in [5.41, 5.74) is -0.505. The van der Waals surface area contributed by atoms with Crippen molar-refractivity contribution in [2.24, 2.45) is 0 Å². The molecule has 23 heavy (non-hydrogen) atoms. The van der Waals surface area contributed by atoms with Crippen molar-refractivity contribution in [3.05, 3.63) is 47.5 Å². The number of hydrogen-bond donors (Lipinski definition) is 2. The fourth-order valence-electron chi connectivity index (χ4n) is 1.75. The van der Waals surface area contributed by atoms with Gasteiger partial charge in [0.1, 0.15) is 6.10 Å². The highest BCUT2D eigenvalue weighted by molar-refractivity contribution is 5.61. The van der Waals surface area contributed by atoms with E-state index in [9.17, 15) is 28.2 Å². The molecule has 0 fully saturated rings. The smallest absolute Gasteiger partial charge is 0.492 e. The number of ether oxygens (including phenoxy) is 1. The van der Waals surface area contributed by atoms with Crippen LogP contribution in [0, 0.1) is 0 Å². The van der Waals surface area contributed by atoms with Gasteiger partial charge in [-0.15, -0.1) is 4.73 Å². The molecule has 0 bridgehead atoms. The molecule has 124 valence electrons. The van der Waals surface area contributed by atoms with Crippen LogP contribution in [0.5, 0.6) is 11.8 Å². The number of alkyl halides is 3. The molecule has 1 aromatic heterocycles. The summed E-state index contributed by atoms with van der Waals surface area (Å²) in [7, 11) is 0. The molecular formula is C14H12F3NO5. The highest BCUT2D eigenvalue weighted by atomic mass is 19.4. The minimum Gasteiger partial charge on any atom is -0.492 e. The Morgan fingerprint density at radius 3 is 2.09 bits per heavy atom. The molecule has 1 atom stereocenters. The third-order valence-corrected chi connectivity index (χ3v) is 2.94. The van der Waals surface area contributed by atoms with Crippen molar-refractivity contribution in [2.45, 2.75) is 19.2 Å². The Bertz CT molecular complexity index is 674. The number of nitrogens with zero attached hydrogens (tertiary/aromatic N) is 1.